The smallest absolute Gasteiger partial charge is 0.250 e. The van der Waals surface area contributed by atoms with Crippen molar-refractivity contribution in [2.24, 2.45) is 0 Å². The molecule has 0 radical (unpaired) electrons. The Morgan fingerprint density at radius 3 is 2.75 bits per heavy atom. The fourth-order valence-electron chi connectivity index (χ4n) is 1.56. The molecule has 0 unspecified atom stereocenters. The van der Waals surface area contributed by atoms with Gasteiger partial charge in [0, 0.05) is 19.1 Å². The van der Waals surface area contributed by atoms with Crippen molar-refractivity contribution in [3.05, 3.63) is 17.0 Å². The molecular weight excluding hydrogens is 312 g/mol. The van der Waals surface area contributed by atoms with Crippen LogP contribution in [0.15, 0.2) is 15.7 Å². The molecule has 1 aromatic rings. The summed E-state index contributed by atoms with van der Waals surface area (Å²) in [7, 11) is -3.33. The van der Waals surface area contributed by atoms with Crippen molar-refractivity contribution in [3.8, 4) is 0 Å². The van der Waals surface area contributed by atoms with Crippen molar-refractivity contribution in [1.82, 2.24) is 10.0 Å². The van der Waals surface area contributed by atoms with Crippen molar-refractivity contribution in [1.29, 1.82) is 0 Å². The minimum absolute atomic E-state index is 0.393. The van der Waals surface area contributed by atoms with Gasteiger partial charge in [-0.2, -0.15) is 11.8 Å². The van der Waals surface area contributed by atoms with Gasteiger partial charge >= 0.3 is 0 Å². The van der Waals surface area contributed by atoms with Gasteiger partial charge < -0.3 is 5.32 Å². The number of hydrogen-bond acceptors (Lipinski definition) is 5. The first-order chi connectivity index (χ1) is 9.45. The predicted molar refractivity (Wildman–Crippen MR) is 89.1 cm³/mol. The first kappa shape index (κ1) is 18.0. The minimum atomic E-state index is -3.33. The Bertz CT molecular complexity index is 484. The third-order valence-electron chi connectivity index (χ3n) is 2.68. The maximum Gasteiger partial charge on any atom is 0.250 e. The van der Waals surface area contributed by atoms with E-state index in [-0.39, 0.29) is 0 Å². The zero-order valence-electron chi connectivity index (χ0n) is 12.3. The van der Waals surface area contributed by atoms with Crippen molar-refractivity contribution in [2.45, 2.75) is 43.5 Å². The standard InChI is InChI=1S/C13H24N2O2S3/c1-11(2)14-9-12-8-13(19-10-12)20(16,17)15-6-4-5-7-18-3/h8,10-11,14-15H,4-7,9H2,1-3H3. The molecule has 1 aromatic heterocycles. The van der Waals surface area contributed by atoms with Crippen LogP contribution in [0.1, 0.15) is 32.3 Å². The Hall–Kier alpha value is -0.0800. The number of unbranched alkanes of at least 4 members (excludes halogenated alkanes) is 1. The van der Waals surface area contributed by atoms with Gasteiger partial charge in [0.25, 0.3) is 0 Å². The van der Waals surface area contributed by atoms with Gasteiger partial charge in [-0.1, -0.05) is 13.8 Å². The molecule has 0 fully saturated rings. The summed E-state index contributed by atoms with van der Waals surface area (Å²) in [5.74, 6) is 1.08. The van der Waals surface area contributed by atoms with Crippen LogP contribution >= 0.6 is 23.1 Å². The van der Waals surface area contributed by atoms with Gasteiger partial charge in [-0.05, 0) is 41.9 Å². The lowest BCUT2D eigenvalue weighted by Crippen LogP contribution is -2.24. The summed E-state index contributed by atoms with van der Waals surface area (Å²) in [6.45, 7) is 5.36. The van der Waals surface area contributed by atoms with E-state index >= 15 is 0 Å². The topological polar surface area (TPSA) is 58.2 Å². The van der Waals surface area contributed by atoms with Crippen LogP contribution in [-0.4, -0.2) is 33.0 Å². The maximum absolute atomic E-state index is 12.1. The quantitative estimate of drug-likeness (QED) is 0.645. The highest BCUT2D eigenvalue weighted by Gasteiger charge is 2.16. The lowest BCUT2D eigenvalue weighted by Gasteiger charge is -2.06. The lowest BCUT2D eigenvalue weighted by molar-refractivity contribution is 0.579. The van der Waals surface area contributed by atoms with E-state index in [0.29, 0.717) is 23.3 Å². The summed E-state index contributed by atoms with van der Waals surface area (Å²) < 4.78 is 27.3. The molecule has 20 heavy (non-hydrogen) atoms. The van der Waals surface area contributed by atoms with Gasteiger partial charge in [0.1, 0.15) is 4.21 Å². The van der Waals surface area contributed by atoms with Crippen LogP contribution in [0.3, 0.4) is 0 Å². The summed E-state index contributed by atoms with van der Waals surface area (Å²) in [5.41, 5.74) is 1.02. The molecule has 0 saturated carbocycles. The number of thioether (sulfide) groups is 1. The molecule has 7 heteroatoms. The van der Waals surface area contributed by atoms with Gasteiger partial charge in [0.05, 0.1) is 0 Å². The van der Waals surface area contributed by atoms with E-state index in [9.17, 15) is 8.42 Å². The van der Waals surface area contributed by atoms with Gasteiger partial charge in [-0.15, -0.1) is 11.3 Å². The molecule has 1 heterocycles. The van der Waals surface area contributed by atoms with E-state index in [1.165, 1.54) is 11.3 Å². The summed E-state index contributed by atoms with van der Waals surface area (Å²) >= 11 is 3.07. The molecular formula is C13H24N2O2S3. The second-order valence-corrected chi connectivity index (χ2v) is 8.80. The second kappa shape index (κ2) is 9.04. The minimum Gasteiger partial charge on any atom is -0.310 e. The van der Waals surface area contributed by atoms with Crippen molar-refractivity contribution < 1.29 is 8.42 Å². The number of thiophene rings is 1. The normalized spacial score (nSPS) is 12.2. The maximum atomic E-state index is 12.1. The van der Waals surface area contributed by atoms with E-state index in [1.807, 2.05) is 5.38 Å². The first-order valence-electron chi connectivity index (χ1n) is 6.75. The molecule has 0 bridgehead atoms. The molecule has 0 amide bonds. The van der Waals surface area contributed by atoms with Crippen LogP contribution in [0.2, 0.25) is 0 Å². The Morgan fingerprint density at radius 1 is 1.35 bits per heavy atom. The molecule has 0 aliphatic heterocycles. The lowest BCUT2D eigenvalue weighted by atomic mass is 10.3. The molecule has 0 aromatic carbocycles. The van der Waals surface area contributed by atoms with Crippen molar-refractivity contribution in [3.63, 3.8) is 0 Å². The summed E-state index contributed by atoms with van der Waals surface area (Å²) in [6.07, 6.45) is 3.98. The third kappa shape index (κ3) is 6.58. The number of hydrogen-bond donors (Lipinski definition) is 2. The largest absolute Gasteiger partial charge is 0.310 e. The van der Waals surface area contributed by atoms with Crippen molar-refractivity contribution >= 4 is 33.1 Å². The average molecular weight is 337 g/mol. The fourth-order valence-corrected chi connectivity index (χ4v) is 4.38. The van der Waals surface area contributed by atoms with Crippen LogP contribution in [-0.2, 0) is 16.6 Å². The van der Waals surface area contributed by atoms with Crippen LogP contribution in [0.4, 0.5) is 0 Å². The Labute approximate surface area is 130 Å². The monoisotopic (exact) mass is 336 g/mol. The number of rotatable bonds is 10. The van der Waals surface area contributed by atoms with Gasteiger partial charge in [0.15, 0.2) is 0 Å². The van der Waals surface area contributed by atoms with Crippen LogP contribution in [0.25, 0.3) is 0 Å². The summed E-state index contributed by atoms with van der Waals surface area (Å²) in [4.78, 5) is 0. The second-order valence-electron chi connectivity index (χ2n) is 4.91. The fraction of sp³-hybridized carbons (Fsp3) is 0.692. The molecule has 1 rings (SSSR count). The molecule has 2 N–H and O–H groups in total. The molecule has 0 aliphatic rings. The molecule has 4 nitrogen and oxygen atoms in total. The SMILES string of the molecule is CSCCCCNS(=O)(=O)c1cc(CNC(C)C)cs1. The van der Waals surface area contributed by atoms with Gasteiger partial charge in [-0.3, -0.25) is 0 Å². The van der Waals surface area contributed by atoms with Gasteiger partial charge in [0.2, 0.25) is 10.0 Å². The van der Waals surface area contributed by atoms with Crippen LogP contribution in [0, 0.1) is 0 Å². The summed E-state index contributed by atoms with van der Waals surface area (Å²) in [5, 5.41) is 5.18. The van der Waals surface area contributed by atoms with Gasteiger partial charge in [-0.25, -0.2) is 13.1 Å². The van der Waals surface area contributed by atoms with E-state index in [2.05, 4.69) is 30.1 Å². The Balaban J connectivity index is 2.46. The zero-order chi connectivity index (χ0) is 15.0. The van der Waals surface area contributed by atoms with Crippen LogP contribution < -0.4 is 10.0 Å². The number of nitrogens with one attached hydrogen (secondary N) is 2. The zero-order valence-corrected chi connectivity index (χ0v) is 14.8. The highest BCUT2D eigenvalue weighted by molar-refractivity contribution is 7.98. The van der Waals surface area contributed by atoms with Crippen molar-refractivity contribution in [2.75, 3.05) is 18.6 Å². The molecule has 0 aliphatic carbocycles. The van der Waals surface area contributed by atoms with E-state index in [1.54, 1.807) is 17.8 Å². The highest BCUT2D eigenvalue weighted by Crippen LogP contribution is 2.20. The van der Waals surface area contributed by atoms with Crippen LogP contribution in [0.5, 0.6) is 0 Å². The molecule has 0 saturated heterocycles. The average Bonchev–Trinajstić information content (AvgIpc) is 2.85. The first-order valence-corrected chi connectivity index (χ1v) is 10.5. The number of sulfonamides is 1. The molecule has 116 valence electrons. The molecule has 0 spiro atoms. The summed E-state index contributed by atoms with van der Waals surface area (Å²) in [6, 6.07) is 2.15. The highest BCUT2D eigenvalue weighted by atomic mass is 32.2. The third-order valence-corrected chi connectivity index (χ3v) is 6.32. The van der Waals surface area contributed by atoms with E-state index < -0.39 is 10.0 Å². The Morgan fingerprint density at radius 2 is 2.10 bits per heavy atom. The predicted octanol–water partition coefficient (Wildman–Crippen LogP) is 2.67. The Kier molecular flexibility index (Phi) is 8.13. The van der Waals surface area contributed by atoms with E-state index in [0.717, 1.165) is 24.2 Å². The van der Waals surface area contributed by atoms with E-state index in [4.69, 9.17) is 0 Å². The molecule has 0 atom stereocenters.